The summed E-state index contributed by atoms with van der Waals surface area (Å²) in [4.78, 5) is 1.55. The smallest absolute Gasteiger partial charge is 0.102 e. The second-order valence-corrected chi connectivity index (χ2v) is 4.54. The van der Waals surface area contributed by atoms with Crippen molar-refractivity contribution in [2.24, 2.45) is 0 Å². The van der Waals surface area contributed by atoms with Gasteiger partial charge in [0, 0.05) is 11.6 Å². The highest BCUT2D eigenvalue weighted by Crippen LogP contribution is 2.06. The molecule has 0 bridgehead atoms. The summed E-state index contributed by atoms with van der Waals surface area (Å²) in [7, 11) is 0. The number of nitrogens with one attached hydrogen (secondary N) is 1. The van der Waals surface area contributed by atoms with E-state index in [1.165, 1.54) is 57.1 Å². The average Bonchev–Trinajstić information content (AvgIpc) is 2.66. The van der Waals surface area contributed by atoms with Crippen LogP contribution in [-0.4, -0.2) is 6.54 Å². The van der Waals surface area contributed by atoms with Crippen LogP contribution in [0.5, 0.6) is 0 Å². The Morgan fingerprint density at radius 3 is 2.44 bits per heavy atom. The first-order chi connectivity index (χ1) is 7.36. The largest absolute Gasteiger partial charge is 1.00 e. The molecule has 0 fully saturated rings. The molecule has 0 aliphatic carbocycles. The number of quaternary nitrogens is 1. The summed E-state index contributed by atoms with van der Waals surface area (Å²) in [6, 6.07) is 0. The van der Waals surface area contributed by atoms with Crippen molar-refractivity contribution in [1.82, 2.24) is 0 Å². The second-order valence-electron chi connectivity index (χ2n) is 4.54. The Kier molecular flexibility index (Phi) is 9.21. The minimum Gasteiger partial charge on any atom is -1.00 e. The zero-order chi connectivity index (χ0) is 10.9. The maximum Gasteiger partial charge on any atom is 0.102 e. The monoisotopic (exact) mass is 227 g/mol. The Hall–Kier alpha value is -0.630. The summed E-state index contributed by atoms with van der Waals surface area (Å²) in [5, 5.41) is 0. The molecule has 0 spiro atoms. The van der Waals surface area contributed by atoms with Gasteiger partial charge >= 0.3 is 0 Å². The van der Waals surface area contributed by atoms with Crippen molar-refractivity contribution >= 4 is 0 Å². The summed E-state index contributed by atoms with van der Waals surface area (Å²) < 4.78 is 0. The van der Waals surface area contributed by atoms with Gasteiger partial charge in [-0.15, -0.1) is 0 Å². The quantitative estimate of drug-likeness (QED) is 0.559. The molecule has 16 heavy (non-hydrogen) atoms. The first-order valence-electron chi connectivity index (χ1n) is 6.61. The molecule has 1 rings (SSSR count). The molecule has 1 aliphatic heterocycles. The molecule has 1 nitrogen and oxygen atoms in total. The molecule has 1 atom stereocenters. The number of unbranched alkanes of at least 4 members (excludes halogenated alkanes) is 4. The number of hydrogen-bond donors (Lipinski definition) is 1. The summed E-state index contributed by atoms with van der Waals surface area (Å²) >= 11 is 0. The van der Waals surface area contributed by atoms with Crippen LogP contribution < -0.4 is 9.60 Å². The summed E-state index contributed by atoms with van der Waals surface area (Å²) in [6.45, 7) is 5.80. The first kappa shape index (κ1) is 15.4. The summed E-state index contributed by atoms with van der Waals surface area (Å²) in [6.07, 6.45) is 16.4. The van der Waals surface area contributed by atoms with Crippen LogP contribution in [0.15, 0.2) is 24.0 Å². The van der Waals surface area contributed by atoms with E-state index in [0.717, 1.165) is 0 Å². The van der Waals surface area contributed by atoms with E-state index in [1.54, 1.807) is 4.90 Å². The molecule has 0 aromatic heterocycles. The van der Waals surface area contributed by atoms with Crippen molar-refractivity contribution in [2.45, 2.75) is 58.8 Å². The highest BCUT2D eigenvalue weighted by molar-refractivity contribution is 5.17. The minimum absolute atomic E-state index is 0. The van der Waals surface area contributed by atoms with Crippen molar-refractivity contribution in [3.63, 3.8) is 0 Å². The molecule has 1 N–H and O–H groups in total. The maximum atomic E-state index is 2.39. The molecule has 2 heteroatoms. The Morgan fingerprint density at radius 1 is 1.00 bits per heavy atom. The van der Waals surface area contributed by atoms with Gasteiger partial charge in [0.15, 0.2) is 0 Å². The number of hydrogen-bond acceptors (Lipinski definition) is 0. The van der Waals surface area contributed by atoms with Gasteiger partial charge in [-0.3, -0.25) is 4.90 Å². The zero-order valence-corrected chi connectivity index (χ0v) is 10.8. The third kappa shape index (κ3) is 6.06. The first-order valence-corrected chi connectivity index (χ1v) is 6.61. The molecule has 1 heterocycles. The molecular weight excluding hydrogens is 201 g/mol. The van der Waals surface area contributed by atoms with Gasteiger partial charge in [0.05, 0.1) is 12.7 Å². The average molecular weight is 227 g/mol. The van der Waals surface area contributed by atoms with Gasteiger partial charge in [-0.05, 0) is 19.3 Å². The molecule has 0 radical (unpaired) electrons. The van der Waals surface area contributed by atoms with Crippen LogP contribution in [0, 0.1) is 0 Å². The lowest BCUT2D eigenvalue weighted by molar-refractivity contribution is -0.788. The number of rotatable bonds is 8. The van der Waals surface area contributed by atoms with E-state index < -0.39 is 0 Å². The van der Waals surface area contributed by atoms with Gasteiger partial charge in [-0.2, -0.15) is 0 Å². The van der Waals surface area contributed by atoms with Crippen molar-refractivity contribution in [3.05, 3.63) is 24.0 Å². The van der Waals surface area contributed by atoms with E-state index in [1.807, 2.05) is 0 Å². The predicted octanol–water partition coefficient (Wildman–Crippen LogP) is 0.0570. The van der Waals surface area contributed by atoms with Crippen LogP contribution in [-0.2, 0) is 0 Å². The Bertz CT molecular complexity index is 221. The standard InChI is InChI=1S/C14H25N.FH/c1-3-5-6-7-8-11-15-12-10-14(13-15)9-4-2;/h10,12-13H,3-9,11H2,1-2H3;1H. The van der Waals surface area contributed by atoms with E-state index in [-0.39, 0.29) is 4.70 Å². The van der Waals surface area contributed by atoms with Gasteiger partial charge in [-0.25, -0.2) is 0 Å². The molecule has 0 saturated heterocycles. The predicted molar refractivity (Wildman–Crippen MR) is 66.7 cm³/mol. The van der Waals surface area contributed by atoms with E-state index >= 15 is 0 Å². The van der Waals surface area contributed by atoms with Crippen molar-refractivity contribution < 1.29 is 9.60 Å². The SMILES string of the molecule is CCCCCCC[NH+]1C=CC(CCC)=C1.[F-]. The lowest BCUT2D eigenvalue weighted by Crippen LogP contribution is -3.01. The topological polar surface area (TPSA) is 4.44 Å². The molecule has 0 amide bonds. The van der Waals surface area contributed by atoms with Gasteiger partial charge < -0.3 is 4.70 Å². The molecule has 0 aromatic rings. The molecule has 1 aliphatic rings. The van der Waals surface area contributed by atoms with Gasteiger partial charge in [-0.1, -0.05) is 39.5 Å². The van der Waals surface area contributed by atoms with Gasteiger partial charge in [0.2, 0.25) is 0 Å². The van der Waals surface area contributed by atoms with Crippen LogP contribution in [0.2, 0.25) is 0 Å². The molecule has 0 aromatic carbocycles. The fourth-order valence-electron chi connectivity index (χ4n) is 2.08. The summed E-state index contributed by atoms with van der Waals surface area (Å²) in [5.41, 5.74) is 1.53. The highest BCUT2D eigenvalue weighted by Gasteiger charge is 2.09. The van der Waals surface area contributed by atoms with Crippen LogP contribution in [0.3, 0.4) is 0 Å². The van der Waals surface area contributed by atoms with Crippen molar-refractivity contribution in [2.75, 3.05) is 6.54 Å². The molecular formula is C14H26FN. The van der Waals surface area contributed by atoms with E-state index in [9.17, 15) is 0 Å². The van der Waals surface area contributed by atoms with Crippen molar-refractivity contribution in [3.8, 4) is 0 Å². The van der Waals surface area contributed by atoms with Crippen LogP contribution >= 0.6 is 0 Å². The third-order valence-corrected chi connectivity index (χ3v) is 2.99. The van der Waals surface area contributed by atoms with E-state index in [0.29, 0.717) is 0 Å². The minimum atomic E-state index is 0. The van der Waals surface area contributed by atoms with Crippen LogP contribution in [0.4, 0.5) is 0 Å². The van der Waals surface area contributed by atoms with E-state index in [4.69, 9.17) is 0 Å². The Morgan fingerprint density at radius 2 is 1.75 bits per heavy atom. The van der Waals surface area contributed by atoms with Crippen LogP contribution in [0.1, 0.15) is 58.8 Å². The fraction of sp³-hybridized carbons (Fsp3) is 0.714. The fourth-order valence-corrected chi connectivity index (χ4v) is 2.08. The normalized spacial score (nSPS) is 18.4. The maximum absolute atomic E-state index is 2.39. The number of halogens is 1. The second kappa shape index (κ2) is 9.59. The summed E-state index contributed by atoms with van der Waals surface area (Å²) in [5.74, 6) is 0. The van der Waals surface area contributed by atoms with Crippen LogP contribution in [0.25, 0.3) is 0 Å². The Balaban J connectivity index is 0.00000225. The molecule has 0 saturated carbocycles. The van der Waals surface area contributed by atoms with Gasteiger partial charge in [0.1, 0.15) is 6.20 Å². The van der Waals surface area contributed by atoms with Gasteiger partial charge in [0.25, 0.3) is 0 Å². The van der Waals surface area contributed by atoms with Crippen molar-refractivity contribution in [1.29, 1.82) is 0 Å². The lowest BCUT2D eigenvalue weighted by Gasteiger charge is -2.06. The number of allylic oxidation sites excluding steroid dienone is 2. The molecule has 1 unspecified atom stereocenters. The lowest BCUT2D eigenvalue weighted by atomic mass is 10.1. The zero-order valence-electron chi connectivity index (χ0n) is 10.8. The van der Waals surface area contributed by atoms with E-state index in [2.05, 4.69) is 32.3 Å². The third-order valence-electron chi connectivity index (χ3n) is 2.99. The highest BCUT2D eigenvalue weighted by atomic mass is 19.0. The molecule has 94 valence electrons. The Labute approximate surface area is 99.6 Å².